The van der Waals surface area contributed by atoms with E-state index in [9.17, 15) is 14.7 Å². The van der Waals surface area contributed by atoms with Crippen molar-refractivity contribution in [1.82, 2.24) is 4.57 Å². The normalized spacial score (nSPS) is 10.8. The first-order valence-electron chi connectivity index (χ1n) is 5.73. The highest BCUT2D eigenvalue weighted by Gasteiger charge is 2.11. The number of aromatic nitrogens is 1. The molecule has 0 fully saturated rings. The Bertz CT molecular complexity index is 639. The average molecular weight is 254 g/mol. The molecule has 1 heterocycles. The van der Waals surface area contributed by atoms with Crippen LogP contribution in [-0.4, -0.2) is 16.3 Å². The highest BCUT2D eigenvalue weighted by Crippen LogP contribution is 2.14. The van der Waals surface area contributed by atoms with Crippen LogP contribution in [0.5, 0.6) is 0 Å². The minimum Gasteiger partial charge on any atom is -0.545 e. The second kappa shape index (κ2) is 5.35. The van der Waals surface area contributed by atoms with E-state index < -0.39 is 5.97 Å². The molecule has 1 aromatic heterocycles. The Morgan fingerprint density at radius 2 is 1.84 bits per heavy atom. The molecule has 0 bridgehead atoms. The predicted molar refractivity (Wildman–Crippen MR) is 69.3 cm³/mol. The molecule has 4 heteroatoms. The van der Waals surface area contributed by atoms with Crippen molar-refractivity contribution in [3.05, 3.63) is 65.5 Å². The maximum Gasteiger partial charge on any atom is 0.194 e. The van der Waals surface area contributed by atoms with Crippen LogP contribution in [0.1, 0.15) is 21.6 Å². The fourth-order valence-electron chi connectivity index (χ4n) is 1.78. The second-order valence-electron chi connectivity index (χ2n) is 4.11. The number of carbonyl (C=O) groups is 2. The molecule has 0 amide bonds. The van der Waals surface area contributed by atoms with E-state index >= 15 is 0 Å². The van der Waals surface area contributed by atoms with Crippen molar-refractivity contribution in [3.63, 3.8) is 0 Å². The van der Waals surface area contributed by atoms with Crippen LogP contribution in [0.25, 0.3) is 6.08 Å². The van der Waals surface area contributed by atoms with Crippen molar-refractivity contribution < 1.29 is 14.7 Å². The largest absolute Gasteiger partial charge is 0.545 e. The van der Waals surface area contributed by atoms with E-state index in [1.807, 2.05) is 6.07 Å². The topological polar surface area (TPSA) is 62.1 Å². The van der Waals surface area contributed by atoms with E-state index in [-0.39, 0.29) is 5.78 Å². The van der Waals surface area contributed by atoms with E-state index in [4.69, 9.17) is 0 Å². The fourth-order valence-corrected chi connectivity index (χ4v) is 1.78. The van der Waals surface area contributed by atoms with Crippen molar-refractivity contribution in [3.8, 4) is 0 Å². The van der Waals surface area contributed by atoms with Crippen molar-refractivity contribution in [2.24, 2.45) is 7.05 Å². The molecule has 1 aromatic carbocycles. The summed E-state index contributed by atoms with van der Waals surface area (Å²) in [7, 11) is 1.75. The van der Waals surface area contributed by atoms with Crippen LogP contribution < -0.4 is 5.11 Å². The molecule has 0 unspecified atom stereocenters. The van der Waals surface area contributed by atoms with Gasteiger partial charge in [-0.15, -0.1) is 0 Å². The minimum atomic E-state index is -1.27. The molecule has 0 spiro atoms. The van der Waals surface area contributed by atoms with Gasteiger partial charge in [-0.05, 0) is 18.2 Å². The molecule has 0 atom stereocenters. The lowest BCUT2D eigenvalue weighted by Crippen LogP contribution is -2.18. The number of rotatable bonds is 4. The first-order chi connectivity index (χ1) is 9.08. The Morgan fingerprint density at radius 3 is 2.47 bits per heavy atom. The molecule has 0 saturated carbocycles. The smallest absolute Gasteiger partial charge is 0.194 e. The second-order valence-corrected chi connectivity index (χ2v) is 4.11. The van der Waals surface area contributed by atoms with Gasteiger partial charge in [-0.2, -0.15) is 0 Å². The van der Waals surface area contributed by atoms with Gasteiger partial charge in [-0.3, -0.25) is 4.79 Å². The molecule has 2 rings (SSSR count). The van der Waals surface area contributed by atoms with Crippen molar-refractivity contribution in [1.29, 1.82) is 0 Å². The maximum atomic E-state index is 12.2. The minimum absolute atomic E-state index is 0.0932. The lowest BCUT2D eigenvalue weighted by atomic mass is 10.1. The number of carbonyl (C=O) groups excluding carboxylic acids is 2. The molecule has 0 aliphatic carbocycles. The van der Waals surface area contributed by atoms with Crippen LogP contribution >= 0.6 is 0 Å². The molecule has 0 aliphatic heterocycles. The van der Waals surface area contributed by atoms with Gasteiger partial charge in [0, 0.05) is 30.1 Å². The standard InChI is InChI=1S/C15H13NO3/c1-16-10-12(9-13(16)7-8-14(17)18)15(19)11-5-3-2-4-6-11/h2-10H,1H3,(H,17,18)/p-1/b8-7+. The number of aliphatic carboxylic acids is 1. The summed E-state index contributed by atoms with van der Waals surface area (Å²) in [6.07, 6.45) is 4.01. The molecule has 19 heavy (non-hydrogen) atoms. The predicted octanol–water partition coefficient (Wildman–Crippen LogP) is 1.02. The van der Waals surface area contributed by atoms with Crippen LogP contribution in [0.4, 0.5) is 0 Å². The van der Waals surface area contributed by atoms with Gasteiger partial charge in [0.2, 0.25) is 0 Å². The van der Waals surface area contributed by atoms with Gasteiger partial charge in [-0.25, -0.2) is 0 Å². The number of aryl methyl sites for hydroxylation is 1. The summed E-state index contributed by atoms with van der Waals surface area (Å²) < 4.78 is 1.69. The summed E-state index contributed by atoms with van der Waals surface area (Å²) in [5.41, 5.74) is 1.75. The Hall–Kier alpha value is -2.62. The molecule has 0 radical (unpaired) electrons. The zero-order valence-corrected chi connectivity index (χ0v) is 10.4. The highest BCUT2D eigenvalue weighted by atomic mass is 16.4. The molecule has 0 saturated heterocycles. The van der Waals surface area contributed by atoms with Crippen LogP contribution in [0.15, 0.2) is 48.7 Å². The van der Waals surface area contributed by atoms with Crippen molar-refractivity contribution >= 4 is 17.8 Å². The maximum absolute atomic E-state index is 12.2. The molecular formula is C15H12NO3-. The van der Waals surface area contributed by atoms with Gasteiger partial charge in [-0.1, -0.05) is 30.3 Å². The van der Waals surface area contributed by atoms with E-state index in [1.54, 1.807) is 48.1 Å². The Balaban J connectivity index is 2.30. The van der Waals surface area contributed by atoms with E-state index in [0.29, 0.717) is 16.8 Å². The third-order valence-corrected chi connectivity index (χ3v) is 2.73. The number of carboxylic acid groups (broad SMARTS) is 1. The number of nitrogens with zero attached hydrogens (tertiary/aromatic N) is 1. The van der Waals surface area contributed by atoms with E-state index in [0.717, 1.165) is 6.08 Å². The monoisotopic (exact) mass is 254 g/mol. The van der Waals surface area contributed by atoms with Gasteiger partial charge < -0.3 is 14.5 Å². The molecule has 0 N–H and O–H groups in total. The zero-order valence-electron chi connectivity index (χ0n) is 10.4. The molecule has 96 valence electrons. The van der Waals surface area contributed by atoms with Gasteiger partial charge in [0.25, 0.3) is 0 Å². The summed E-state index contributed by atoms with van der Waals surface area (Å²) in [5, 5.41) is 10.4. The number of benzene rings is 1. The average Bonchev–Trinajstić information content (AvgIpc) is 2.78. The summed E-state index contributed by atoms with van der Waals surface area (Å²) in [4.78, 5) is 22.6. The van der Waals surface area contributed by atoms with E-state index in [2.05, 4.69) is 0 Å². The lowest BCUT2D eigenvalue weighted by molar-refractivity contribution is -0.297. The first kappa shape index (κ1) is 12.8. The zero-order chi connectivity index (χ0) is 13.8. The number of hydrogen-bond acceptors (Lipinski definition) is 3. The fraction of sp³-hybridized carbons (Fsp3) is 0.0667. The lowest BCUT2D eigenvalue weighted by Gasteiger charge is -1.96. The van der Waals surface area contributed by atoms with Crippen LogP contribution in [-0.2, 0) is 11.8 Å². The molecule has 0 aliphatic rings. The van der Waals surface area contributed by atoms with Crippen LogP contribution in [0, 0.1) is 0 Å². The van der Waals surface area contributed by atoms with Gasteiger partial charge >= 0.3 is 0 Å². The molecule has 2 aromatic rings. The molecule has 4 nitrogen and oxygen atoms in total. The van der Waals surface area contributed by atoms with Crippen LogP contribution in [0.3, 0.4) is 0 Å². The highest BCUT2D eigenvalue weighted by molar-refractivity contribution is 6.09. The summed E-state index contributed by atoms with van der Waals surface area (Å²) in [6.45, 7) is 0. The van der Waals surface area contributed by atoms with Gasteiger partial charge in [0.1, 0.15) is 0 Å². The summed E-state index contributed by atoms with van der Waals surface area (Å²) >= 11 is 0. The molecular weight excluding hydrogens is 242 g/mol. The first-order valence-corrected chi connectivity index (χ1v) is 5.73. The van der Waals surface area contributed by atoms with E-state index in [1.165, 1.54) is 6.08 Å². The van der Waals surface area contributed by atoms with Crippen molar-refractivity contribution in [2.75, 3.05) is 0 Å². The van der Waals surface area contributed by atoms with Gasteiger partial charge in [0.15, 0.2) is 5.78 Å². The third-order valence-electron chi connectivity index (χ3n) is 2.73. The summed E-state index contributed by atoms with van der Waals surface area (Å²) in [5.74, 6) is -1.36. The number of ketones is 1. The number of carboxylic acids is 1. The Labute approximate surface area is 110 Å². The van der Waals surface area contributed by atoms with Crippen LogP contribution in [0.2, 0.25) is 0 Å². The third kappa shape index (κ3) is 2.98. The summed E-state index contributed by atoms with van der Waals surface area (Å²) in [6, 6.07) is 10.6. The Morgan fingerprint density at radius 1 is 1.16 bits per heavy atom. The SMILES string of the molecule is Cn1cc(C(=O)c2ccccc2)cc1/C=C/C(=O)[O-]. The van der Waals surface area contributed by atoms with Gasteiger partial charge in [0.05, 0.1) is 5.97 Å². The number of hydrogen-bond donors (Lipinski definition) is 0. The quantitative estimate of drug-likeness (QED) is 0.604. The Kier molecular flexibility index (Phi) is 3.61. The van der Waals surface area contributed by atoms with Crippen molar-refractivity contribution in [2.45, 2.75) is 0 Å².